The highest BCUT2D eigenvalue weighted by molar-refractivity contribution is 6.29. The predicted octanol–water partition coefficient (Wildman–Crippen LogP) is 2.79. The molecule has 1 aliphatic heterocycles. The Labute approximate surface area is 147 Å². The molecule has 0 spiro atoms. The first kappa shape index (κ1) is 15.9. The second-order valence-electron chi connectivity index (χ2n) is 5.48. The summed E-state index contributed by atoms with van der Waals surface area (Å²) < 4.78 is 18.7. The second-order valence-corrected chi connectivity index (χ2v) is 5.87. The predicted molar refractivity (Wildman–Crippen MR) is 92.9 cm³/mol. The molecule has 0 atom stereocenters. The number of aromatic nitrogens is 4. The number of hydrogen-bond acceptors (Lipinski definition) is 7. The lowest BCUT2D eigenvalue weighted by Crippen LogP contribution is -2.36. The third-order valence-corrected chi connectivity index (χ3v) is 4.04. The minimum absolute atomic E-state index is 0.318. The lowest BCUT2D eigenvalue weighted by Gasteiger charge is -2.28. The number of nitrogens with one attached hydrogen (secondary N) is 1. The van der Waals surface area contributed by atoms with E-state index in [4.69, 9.17) is 16.3 Å². The quantitative estimate of drug-likeness (QED) is 0.720. The Bertz CT molecular complexity index is 918. The van der Waals surface area contributed by atoms with Crippen molar-refractivity contribution in [2.45, 2.75) is 0 Å². The molecule has 7 nitrogen and oxygen atoms in total. The summed E-state index contributed by atoms with van der Waals surface area (Å²) in [6, 6.07) is 6.03. The van der Waals surface area contributed by atoms with Gasteiger partial charge < -0.3 is 15.0 Å². The van der Waals surface area contributed by atoms with Gasteiger partial charge in [0.2, 0.25) is 5.95 Å². The van der Waals surface area contributed by atoms with E-state index in [1.54, 1.807) is 12.1 Å². The van der Waals surface area contributed by atoms with Crippen molar-refractivity contribution in [3.8, 4) is 0 Å². The number of halogens is 2. The summed E-state index contributed by atoms with van der Waals surface area (Å²) in [7, 11) is 0. The van der Waals surface area contributed by atoms with Crippen LogP contribution in [0, 0.1) is 5.82 Å². The molecular weight excluding hydrogens is 347 g/mol. The van der Waals surface area contributed by atoms with Crippen molar-refractivity contribution in [1.82, 2.24) is 19.9 Å². The van der Waals surface area contributed by atoms with Crippen molar-refractivity contribution in [2.24, 2.45) is 0 Å². The fraction of sp³-hybridized carbons (Fsp3) is 0.250. The fourth-order valence-electron chi connectivity index (χ4n) is 2.65. The van der Waals surface area contributed by atoms with Gasteiger partial charge in [-0.15, -0.1) is 0 Å². The van der Waals surface area contributed by atoms with Crippen LogP contribution in [-0.2, 0) is 4.74 Å². The van der Waals surface area contributed by atoms with Crippen LogP contribution in [0.1, 0.15) is 0 Å². The van der Waals surface area contributed by atoms with Crippen LogP contribution >= 0.6 is 11.6 Å². The lowest BCUT2D eigenvalue weighted by atomic mass is 10.2. The molecule has 1 fully saturated rings. The zero-order valence-electron chi connectivity index (χ0n) is 13.1. The summed E-state index contributed by atoms with van der Waals surface area (Å²) in [5.41, 5.74) is 0.493. The van der Waals surface area contributed by atoms with E-state index in [-0.39, 0.29) is 5.82 Å². The number of hydrogen-bond donors (Lipinski definition) is 1. The molecule has 128 valence electrons. The van der Waals surface area contributed by atoms with Crippen molar-refractivity contribution in [2.75, 3.05) is 36.5 Å². The molecule has 0 radical (unpaired) electrons. The third kappa shape index (κ3) is 3.45. The Morgan fingerprint density at radius 2 is 1.96 bits per heavy atom. The highest BCUT2D eigenvalue weighted by atomic mass is 35.5. The molecule has 0 saturated carbocycles. The van der Waals surface area contributed by atoms with Gasteiger partial charge in [0, 0.05) is 30.6 Å². The average Bonchev–Trinajstić information content (AvgIpc) is 2.62. The zero-order valence-corrected chi connectivity index (χ0v) is 13.9. The Kier molecular flexibility index (Phi) is 4.29. The molecule has 1 saturated heterocycles. The monoisotopic (exact) mass is 360 g/mol. The standard InChI is InChI=1S/C16H14ClFN6O/c17-13-8-14(24-3-5-25-6-4-24)22-16(21-13)23-15-11-2-1-10(18)7-12(11)19-9-20-15/h1-2,7-9H,3-6H2,(H,19,20,21,22,23). The van der Waals surface area contributed by atoms with Crippen LogP contribution in [0.3, 0.4) is 0 Å². The van der Waals surface area contributed by atoms with E-state index in [9.17, 15) is 4.39 Å². The van der Waals surface area contributed by atoms with Crippen LogP contribution in [0.5, 0.6) is 0 Å². The lowest BCUT2D eigenvalue weighted by molar-refractivity contribution is 0.122. The number of nitrogens with zero attached hydrogens (tertiary/aromatic N) is 5. The summed E-state index contributed by atoms with van der Waals surface area (Å²) in [6.45, 7) is 2.77. The van der Waals surface area contributed by atoms with E-state index < -0.39 is 0 Å². The number of benzene rings is 1. The maximum absolute atomic E-state index is 13.4. The maximum Gasteiger partial charge on any atom is 0.231 e. The highest BCUT2D eigenvalue weighted by Gasteiger charge is 2.15. The largest absolute Gasteiger partial charge is 0.378 e. The van der Waals surface area contributed by atoms with Crippen molar-refractivity contribution in [3.05, 3.63) is 41.6 Å². The van der Waals surface area contributed by atoms with Crippen molar-refractivity contribution >= 4 is 40.1 Å². The highest BCUT2D eigenvalue weighted by Crippen LogP contribution is 2.25. The Morgan fingerprint density at radius 1 is 1.12 bits per heavy atom. The first-order valence-electron chi connectivity index (χ1n) is 7.73. The molecule has 4 rings (SSSR count). The molecule has 9 heteroatoms. The fourth-order valence-corrected chi connectivity index (χ4v) is 2.83. The topological polar surface area (TPSA) is 76.1 Å². The van der Waals surface area contributed by atoms with Gasteiger partial charge in [0.1, 0.15) is 28.9 Å². The maximum atomic E-state index is 13.4. The number of anilines is 3. The smallest absolute Gasteiger partial charge is 0.231 e. The summed E-state index contributed by atoms with van der Waals surface area (Å²) in [6.07, 6.45) is 1.36. The average molecular weight is 361 g/mol. The summed E-state index contributed by atoms with van der Waals surface area (Å²) in [4.78, 5) is 19.1. The number of fused-ring (bicyclic) bond motifs is 1. The molecule has 0 unspecified atom stereocenters. The van der Waals surface area contributed by atoms with Crippen LogP contribution in [0.15, 0.2) is 30.6 Å². The molecule has 0 bridgehead atoms. The Hall–Kier alpha value is -2.58. The van der Waals surface area contributed by atoms with Gasteiger partial charge in [0.15, 0.2) is 0 Å². The van der Waals surface area contributed by atoms with Gasteiger partial charge in [-0.05, 0) is 12.1 Å². The summed E-state index contributed by atoms with van der Waals surface area (Å²) >= 11 is 6.14. The van der Waals surface area contributed by atoms with Crippen molar-refractivity contribution < 1.29 is 9.13 Å². The van der Waals surface area contributed by atoms with Crippen molar-refractivity contribution in [1.29, 1.82) is 0 Å². The Balaban J connectivity index is 1.68. The van der Waals surface area contributed by atoms with E-state index in [1.807, 2.05) is 0 Å². The molecule has 2 aromatic heterocycles. The third-order valence-electron chi connectivity index (χ3n) is 3.85. The molecule has 0 amide bonds. The molecule has 3 aromatic rings. The van der Waals surface area contributed by atoms with Gasteiger partial charge in [-0.25, -0.2) is 19.3 Å². The van der Waals surface area contributed by atoms with Gasteiger partial charge in [-0.3, -0.25) is 0 Å². The molecular formula is C16H14ClFN6O. The first-order valence-corrected chi connectivity index (χ1v) is 8.11. The van der Waals surface area contributed by atoms with Gasteiger partial charge in [-0.1, -0.05) is 11.6 Å². The minimum atomic E-state index is -0.356. The van der Waals surface area contributed by atoms with Gasteiger partial charge in [0.05, 0.1) is 18.7 Å². The van der Waals surface area contributed by atoms with Crippen LogP contribution in [0.4, 0.5) is 22.0 Å². The van der Waals surface area contributed by atoms with E-state index in [2.05, 4.69) is 30.2 Å². The van der Waals surface area contributed by atoms with Crippen molar-refractivity contribution in [3.63, 3.8) is 0 Å². The summed E-state index contributed by atoms with van der Waals surface area (Å²) in [5.74, 6) is 1.17. The molecule has 25 heavy (non-hydrogen) atoms. The van der Waals surface area contributed by atoms with Gasteiger partial charge in [0.25, 0.3) is 0 Å². The first-order chi connectivity index (χ1) is 12.2. The molecule has 1 aromatic carbocycles. The summed E-state index contributed by atoms with van der Waals surface area (Å²) in [5, 5.41) is 4.04. The van der Waals surface area contributed by atoms with E-state index in [0.29, 0.717) is 41.0 Å². The van der Waals surface area contributed by atoms with Gasteiger partial charge >= 0.3 is 0 Å². The SMILES string of the molecule is Fc1ccc2c(Nc3nc(Cl)cc(N4CCOCC4)n3)ncnc2c1. The normalized spacial score (nSPS) is 14.7. The molecule has 1 aliphatic rings. The van der Waals surface area contributed by atoms with E-state index in [1.165, 1.54) is 18.5 Å². The van der Waals surface area contributed by atoms with E-state index in [0.717, 1.165) is 18.9 Å². The number of rotatable bonds is 3. The van der Waals surface area contributed by atoms with E-state index >= 15 is 0 Å². The van der Waals surface area contributed by atoms with Crippen LogP contribution in [0.25, 0.3) is 10.9 Å². The molecule has 1 N–H and O–H groups in total. The second kappa shape index (κ2) is 6.73. The zero-order chi connectivity index (χ0) is 17.2. The molecule has 3 heterocycles. The minimum Gasteiger partial charge on any atom is -0.378 e. The Morgan fingerprint density at radius 3 is 2.80 bits per heavy atom. The molecule has 0 aliphatic carbocycles. The van der Waals surface area contributed by atoms with Gasteiger partial charge in [-0.2, -0.15) is 4.98 Å². The van der Waals surface area contributed by atoms with Crippen LogP contribution in [-0.4, -0.2) is 46.2 Å². The van der Waals surface area contributed by atoms with Crippen LogP contribution < -0.4 is 10.2 Å². The number of ether oxygens (including phenoxy) is 1. The van der Waals surface area contributed by atoms with Crippen LogP contribution in [0.2, 0.25) is 5.15 Å². The number of morpholine rings is 1.